The molecule has 1 saturated carbocycles. The molecule has 5 heterocycles. The lowest BCUT2D eigenvalue weighted by atomic mass is 9.78. The number of hydrogen-bond acceptors (Lipinski definition) is 5. The molecular formula is C28H27N5O2. The van der Waals surface area contributed by atoms with Gasteiger partial charge in [-0.1, -0.05) is 18.2 Å². The number of aryl methyl sites for hydroxylation is 1. The summed E-state index contributed by atoms with van der Waals surface area (Å²) in [6, 6.07) is 14.5. The zero-order chi connectivity index (χ0) is 23.6. The molecule has 4 aromatic rings. The molecule has 1 spiro atoms. The number of benzene rings is 1. The maximum Gasteiger partial charge on any atom is 0.259 e. The topological polar surface area (TPSA) is 71.8 Å². The van der Waals surface area contributed by atoms with Crippen molar-refractivity contribution in [1.82, 2.24) is 14.6 Å². The Hall–Kier alpha value is -3.71. The van der Waals surface area contributed by atoms with Crippen LogP contribution in [0.5, 0.6) is 0 Å². The van der Waals surface area contributed by atoms with E-state index < -0.39 is 0 Å². The summed E-state index contributed by atoms with van der Waals surface area (Å²) < 4.78 is 7.16. The first-order valence-electron chi connectivity index (χ1n) is 12.3. The van der Waals surface area contributed by atoms with Crippen molar-refractivity contribution in [3.05, 3.63) is 77.9 Å². The van der Waals surface area contributed by atoms with Crippen molar-refractivity contribution in [3.63, 3.8) is 0 Å². The number of hydrogen-bond donors (Lipinski definition) is 1. The van der Waals surface area contributed by atoms with Gasteiger partial charge >= 0.3 is 0 Å². The van der Waals surface area contributed by atoms with E-state index in [1.165, 1.54) is 18.5 Å². The molecule has 1 N–H and O–H groups in total. The SMILES string of the molecule is Cc1ccc(-c2ccc(C3CC3)nc2)cc1NC(=O)c1cnn2ccc(N3CC4(COC4)C3)cc12. The number of carbonyl (C=O) groups is 1. The van der Waals surface area contributed by atoms with Gasteiger partial charge in [-0.25, -0.2) is 4.52 Å². The third-order valence-corrected chi connectivity index (χ3v) is 7.59. The zero-order valence-corrected chi connectivity index (χ0v) is 19.7. The van der Waals surface area contributed by atoms with Crippen LogP contribution in [0.4, 0.5) is 11.4 Å². The van der Waals surface area contributed by atoms with Crippen molar-refractivity contribution in [2.45, 2.75) is 25.7 Å². The number of nitrogens with one attached hydrogen (secondary N) is 1. The Morgan fingerprint density at radius 2 is 1.89 bits per heavy atom. The minimum Gasteiger partial charge on any atom is -0.380 e. The van der Waals surface area contributed by atoms with Gasteiger partial charge in [-0.3, -0.25) is 9.78 Å². The molecule has 1 aliphatic carbocycles. The standard InChI is InChI=1S/C28H27N5O2/c1-18-2-3-20(21-6-7-24(29-12-21)19-4-5-19)10-25(18)31-27(34)23-13-30-33-9-8-22(11-26(23)33)32-14-28(15-32)16-35-17-28/h2-3,6-13,19H,4-5,14-17H2,1H3,(H,31,34). The Balaban J connectivity index is 1.13. The fourth-order valence-electron chi connectivity index (χ4n) is 5.18. The van der Waals surface area contributed by atoms with E-state index in [2.05, 4.69) is 50.6 Å². The highest BCUT2D eigenvalue weighted by atomic mass is 16.5. The van der Waals surface area contributed by atoms with Crippen LogP contribution in [0.15, 0.2) is 61.1 Å². The fraction of sp³-hybridized carbons (Fsp3) is 0.321. The van der Waals surface area contributed by atoms with E-state index in [0.29, 0.717) is 16.9 Å². The molecule has 1 aromatic carbocycles. The molecule has 0 radical (unpaired) electrons. The maximum absolute atomic E-state index is 13.3. The normalized spacial score (nSPS) is 18.4. The van der Waals surface area contributed by atoms with Crippen LogP contribution in [0.2, 0.25) is 0 Å². The average molecular weight is 466 g/mol. The van der Waals surface area contributed by atoms with Gasteiger partial charge in [0.15, 0.2) is 0 Å². The quantitative estimate of drug-likeness (QED) is 0.464. The smallest absolute Gasteiger partial charge is 0.259 e. The van der Waals surface area contributed by atoms with E-state index in [4.69, 9.17) is 4.74 Å². The van der Waals surface area contributed by atoms with Crippen LogP contribution >= 0.6 is 0 Å². The minimum absolute atomic E-state index is 0.160. The first-order valence-corrected chi connectivity index (χ1v) is 12.3. The average Bonchev–Trinajstić information content (AvgIpc) is 3.58. The molecule has 0 bridgehead atoms. The summed E-state index contributed by atoms with van der Waals surface area (Å²) in [4.78, 5) is 20.3. The van der Waals surface area contributed by atoms with Gasteiger partial charge in [0.05, 0.1) is 35.9 Å². The van der Waals surface area contributed by atoms with Crippen molar-refractivity contribution in [2.75, 3.05) is 36.5 Å². The van der Waals surface area contributed by atoms with Crippen LogP contribution in [0.3, 0.4) is 0 Å². The summed E-state index contributed by atoms with van der Waals surface area (Å²) in [6.07, 6.45) is 7.99. The number of carbonyl (C=O) groups excluding carboxylic acids is 1. The minimum atomic E-state index is -0.160. The monoisotopic (exact) mass is 465 g/mol. The third kappa shape index (κ3) is 3.58. The van der Waals surface area contributed by atoms with E-state index in [-0.39, 0.29) is 5.91 Å². The second-order valence-electron chi connectivity index (χ2n) is 10.4. The van der Waals surface area contributed by atoms with Crippen molar-refractivity contribution in [2.24, 2.45) is 5.41 Å². The van der Waals surface area contributed by atoms with Gasteiger partial charge in [0.25, 0.3) is 5.91 Å². The Labute approximate surface area is 203 Å². The molecule has 3 fully saturated rings. The van der Waals surface area contributed by atoms with E-state index >= 15 is 0 Å². The molecule has 176 valence electrons. The Kier molecular flexibility index (Phi) is 4.51. The lowest BCUT2D eigenvalue weighted by Gasteiger charge is -2.56. The van der Waals surface area contributed by atoms with Gasteiger partial charge in [-0.2, -0.15) is 5.10 Å². The molecule has 7 nitrogen and oxygen atoms in total. The highest BCUT2D eigenvalue weighted by Gasteiger charge is 2.49. The van der Waals surface area contributed by atoms with Crippen LogP contribution < -0.4 is 10.2 Å². The number of nitrogens with zero attached hydrogens (tertiary/aromatic N) is 4. The maximum atomic E-state index is 13.3. The van der Waals surface area contributed by atoms with Crippen LogP contribution in [0.1, 0.15) is 40.4 Å². The summed E-state index contributed by atoms with van der Waals surface area (Å²) in [5.74, 6) is 0.477. The van der Waals surface area contributed by atoms with E-state index in [1.54, 1.807) is 10.7 Å². The van der Waals surface area contributed by atoms with E-state index in [0.717, 1.165) is 59.9 Å². The highest BCUT2D eigenvalue weighted by molar-refractivity contribution is 6.09. The predicted octanol–water partition coefficient (Wildman–Crippen LogP) is 4.67. The summed E-state index contributed by atoms with van der Waals surface area (Å²) in [5.41, 5.74) is 7.89. The van der Waals surface area contributed by atoms with E-state index in [1.807, 2.05) is 31.5 Å². The molecule has 3 aromatic heterocycles. The molecule has 0 unspecified atom stereocenters. The lowest BCUT2D eigenvalue weighted by molar-refractivity contribution is -0.127. The predicted molar refractivity (Wildman–Crippen MR) is 135 cm³/mol. The van der Waals surface area contributed by atoms with Crippen LogP contribution in [-0.4, -0.2) is 46.8 Å². The molecule has 2 aliphatic heterocycles. The number of aromatic nitrogens is 3. The lowest BCUT2D eigenvalue weighted by Crippen LogP contribution is -2.66. The van der Waals surface area contributed by atoms with Crippen LogP contribution in [0.25, 0.3) is 16.6 Å². The van der Waals surface area contributed by atoms with Gasteiger partial charge in [-0.05, 0) is 55.2 Å². The Morgan fingerprint density at radius 1 is 1.06 bits per heavy atom. The second kappa shape index (κ2) is 7.65. The Morgan fingerprint density at radius 3 is 2.60 bits per heavy atom. The van der Waals surface area contributed by atoms with Gasteiger partial charge in [0.2, 0.25) is 0 Å². The molecular weight excluding hydrogens is 438 g/mol. The van der Waals surface area contributed by atoms with Crippen LogP contribution in [-0.2, 0) is 4.74 Å². The van der Waals surface area contributed by atoms with Crippen molar-refractivity contribution in [3.8, 4) is 11.1 Å². The second-order valence-corrected chi connectivity index (χ2v) is 10.4. The highest BCUT2D eigenvalue weighted by Crippen LogP contribution is 2.41. The molecule has 7 rings (SSSR count). The number of anilines is 2. The number of ether oxygens (including phenoxy) is 1. The van der Waals surface area contributed by atoms with Crippen molar-refractivity contribution in [1.29, 1.82) is 0 Å². The fourth-order valence-corrected chi connectivity index (χ4v) is 5.18. The first kappa shape index (κ1) is 20.6. The zero-order valence-electron chi connectivity index (χ0n) is 19.7. The molecule has 0 atom stereocenters. The summed E-state index contributed by atoms with van der Waals surface area (Å²) in [5, 5.41) is 7.53. The summed E-state index contributed by atoms with van der Waals surface area (Å²) in [6.45, 7) is 5.71. The molecule has 7 heteroatoms. The molecule has 3 aliphatic rings. The van der Waals surface area contributed by atoms with Crippen molar-refractivity contribution >= 4 is 22.8 Å². The van der Waals surface area contributed by atoms with E-state index in [9.17, 15) is 4.79 Å². The van der Waals surface area contributed by atoms with Gasteiger partial charge in [0.1, 0.15) is 0 Å². The number of fused-ring (bicyclic) bond motifs is 1. The van der Waals surface area contributed by atoms with Gasteiger partial charge in [-0.15, -0.1) is 0 Å². The van der Waals surface area contributed by atoms with Gasteiger partial charge < -0.3 is 15.0 Å². The van der Waals surface area contributed by atoms with Gasteiger partial charge in [0, 0.05) is 54.0 Å². The first-order chi connectivity index (χ1) is 17.1. The molecule has 2 saturated heterocycles. The van der Waals surface area contributed by atoms with Crippen LogP contribution in [0, 0.1) is 12.3 Å². The number of amides is 1. The Bertz CT molecular complexity index is 1440. The largest absolute Gasteiger partial charge is 0.380 e. The number of pyridine rings is 2. The number of rotatable bonds is 5. The molecule has 35 heavy (non-hydrogen) atoms. The third-order valence-electron chi connectivity index (χ3n) is 7.59. The van der Waals surface area contributed by atoms with Crippen molar-refractivity contribution < 1.29 is 9.53 Å². The summed E-state index contributed by atoms with van der Waals surface area (Å²) >= 11 is 0. The summed E-state index contributed by atoms with van der Waals surface area (Å²) in [7, 11) is 0. The molecule has 1 amide bonds.